The highest BCUT2D eigenvalue weighted by Crippen LogP contribution is 2.65. The fourth-order valence-electron chi connectivity index (χ4n) is 7.04. The number of methoxy groups -OCH3 is 1. The van der Waals surface area contributed by atoms with Crippen LogP contribution in [0, 0.1) is 28.6 Å². The van der Waals surface area contributed by atoms with Gasteiger partial charge in [0.25, 0.3) is 0 Å². The summed E-state index contributed by atoms with van der Waals surface area (Å²) in [7, 11) is 1.94. The van der Waals surface area contributed by atoms with Gasteiger partial charge in [-0.2, -0.15) is 0 Å². The lowest BCUT2D eigenvalue weighted by molar-refractivity contribution is -0.0782. The molecule has 1 unspecified atom stereocenters. The molecule has 0 saturated heterocycles. The average Bonchev–Trinajstić information content (AvgIpc) is 2.83. The summed E-state index contributed by atoms with van der Waals surface area (Å²) in [5.41, 5.74) is 2.85. The Morgan fingerprint density at radius 3 is 2.71 bits per heavy atom. The van der Waals surface area contributed by atoms with Gasteiger partial charge in [0.2, 0.25) is 0 Å². The lowest BCUT2D eigenvalue weighted by Gasteiger charge is -2.57. The van der Waals surface area contributed by atoms with Crippen LogP contribution in [0.25, 0.3) is 0 Å². The molecule has 0 amide bonds. The molecule has 0 bridgehead atoms. The lowest BCUT2D eigenvalue weighted by Crippen LogP contribution is -2.50. The van der Waals surface area contributed by atoms with Crippen molar-refractivity contribution in [1.29, 1.82) is 0 Å². The maximum absolute atomic E-state index is 5.88. The van der Waals surface area contributed by atoms with Crippen molar-refractivity contribution in [3.63, 3.8) is 0 Å². The van der Waals surface area contributed by atoms with Gasteiger partial charge in [-0.1, -0.05) is 31.9 Å². The number of fused-ring (bicyclic) bond motifs is 5. The van der Waals surface area contributed by atoms with E-state index in [9.17, 15) is 0 Å². The topological polar surface area (TPSA) is 9.23 Å². The molecule has 0 aromatic heterocycles. The van der Waals surface area contributed by atoms with E-state index in [1.165, 1.54) is 57.8 Å². The summed E-state index contributed by atoms with van der Waals surface area (Å²) in [6, 6.07) is 0. The van der Waals surface area contributed by atoms with Gasteiger partial charge in [0.15, 0.2) is 0 Å². The van der Waals surface area contributed by atoms with Crippen LogP contribution in [0.15, 0.2) is 11.6 Å². The van der Waals surface area contributed by atoms with E-state index in [4.69, 9.17) is 4.74 Å². The number of hydrogen-bond donors (Lipinski definition) is 0. The van der Waals surface area contributed by atoms with Gasteiger partial charge in [0, 0.05) is 7.11 Å². The molecule has 6 atom stereocenters. The van der Waals surface area contributed by atoms with Gasteiger partial charge in [0.05, 0.1) is 6.10 Å². The van der Waals surface area contributed by atoms with Gasteiger partial charge in [0.1, 0.15) is 0 Å². The summed E-state index contributed by atoms with van der Waals surface area (Å²) >= 11 is 0. The highest BCUT2D eigenvalue weighted by Gasteiger charge is 2.58. The summed E-state index contributed by atoms with van der Waals surface area (Å²) < 4.78 is 5.88. The number of ether oxygens (including phenoxy) is 1. The van der Waals surface area contributed by atoms with E-state index in [0.29, 0.717) is 16.9 Å². The van der Waals surface area contributed by atoms with Crippen molar-refractivity contribution in [2.75, 3.05) is 7.11 Å². The van der Waals surface area contributed by atoms with Crippen LogP contribution in [0.4, 0.5) is 0 Å². The van der Waals surface area contributed by atoms with Crippen LogP contribution in [-0.4, -0.2) is 13.2 Å². The number of allylic oxidation sites excluding steroid dienone is 2. The highest BCUT2D eigenvalue weighted by molar-refractivity contribution is 5.24. The first kappa shape index (κ1) is 14.3. The van der Waals surface area contributed by atoms with E-state index < -0.39 is 0 Å². The largest absolute Gasteiger partial charge is 0.381 e. The quantitative estimate of drug-likeness (QED) is 0.591. The molecule has 4 aliphatic carbocycles. The van der Waals surface area contributed by atoms with Crippen LogP contribution in [0.1, 0.15) is 71.6 Å². The predicted molar refractivity (Wildman–Crippen MR) is 87.1 cm³/mol. The minimum atomic E-state index is 0.465. The molecule has 0 N–H and O–H groups in total. The molecule has 4 rings (SSSR count). The maximum Gasteiger partial charge on any atom is 0.0627 e. The van der Waals surface area contributed by atoms with Crippen molar-refractivity contribution < 1.29 is 4.74 Å². The summed E-state index contributed by atoms with van der Waals surface area (Å²) in [6.45, 7) is 5.15. The van der Waals surface area contributed by atoms with Crippen molar-refractivity contribution in [3.8, 4) is 0 Å². The third-order valence-corrected chi connectivity index (χ3v) is 8.22. The van der Waals surface area contributed by atoms with Gasteiger partial charge in [-0.15, -0.1) is 0 Å². The fraction of sp³-hybridized carbons (Fsp3) is 0.900. The maximum atomic E-state index is 5.88. The van der Waals surface area contributed by atoms with E-state index in [2.05, 4.69) is 19.9 Å². The summed E-state index contributed by atoms with van der Waals surface area (Å²) in [5, 5.41) is 0. The Balaban J connectivity index is 1.67. The first-order chi connectivity index (χ1) is 10.1. The Morgan fingerprint density at radius 1 is 1.05 bits per heavy atom. The minimum absolute atomic E-state index is 0.465. The van der Waals surface area contributed by atoms with E-state index in [0.717, 1.165) is 17.8 Å². The van der Waals surface area contributed by atoms with E-state index in [1.54, 1.807) is 0 Å². The second-order valence-corrected chi connectivity index (χ2v) is 8.81. The number of rotatable bonds is 1. The summed E-state index contributed by atoms with van der Waals surface area (Å²) in [4.78, 5) is 0. The van der Waals surface area contributed by atoms with Crippen molar-refractivity contribution in [2.24, 2.45) is 28.6 Å². The normalized spacial score (nSPS) is 52.6. The zero-order chi connectivity index (χ0) is 14.7. The Morgan fingerprint density at radius 2 is 1.90 bits per heavy atom. The second kappa shape index (κ2) is 4.85. The Hall–Kier alpha value is -0.300. The van der Waals surface area contributed by atoms with Crippen LogP contribution in [0.5, 0.6) is 0 Å². The smallest absolute Gasteiger partial charge is 0.0627 e. The zero-order valence-electron chi connectivity index (χ0n) is 14.2. The minimum Gasteiger partial charge on any atom is -0.381 e. The molecule has 118 valence electrons. The standard InChI is InChI=1S/C20H32O/c1-19-12-5-4-6-14(19)7-8-15-16-9-10-18(21-3)20(16,2)13-11-17(15)19/h7,15-18H,4-6,8-13H2,1-3H3/t15-,16-,17-,18?,19-,20-/m0/s1. The molecule has 3 fully saturated rings. The van der Waals surface area contributed by atoms with Crippen molar-refractivity contribution in [2.45, 2.75) is 77.7 Å². The third-order valence-electron chi connectivity index (χ3n) is 8.22. The Labute approximate surface area is 130 Å². The van der Waals surface area contributed by atoms with Crippen LogP contribution in [-0.2, 0) is 4.74 Å². The molecule has 3 saturated carbocycles. The van der Waals surface area contributed by atoms with Crippen molar-refractivity contribution >= 4 is 0 Å². The Bertz CT molecular complexity index is 453. The fourth-order valence-corrected chi connectivity index (χ4v) is 7.04. The monoisotopic (exact) mass is 288 g/mol. The molecule has 0 aliphatic heterocycles. The molecule has 0 aromatic rings. The molecule has 0 spiro atoms. The molecule has 1 heteroatoms. The molecule has 0 heterocycles. The third kappa shape index (κ3) is 1.85. The SMILES string of the molecule is COC1CC[C@H]2[C@@H]3CC=C4CCCC[C@]4(C)[C@H]3CC[C@]12C. The molecule has 0 aromatic carbocycles. The van der Waals surface area contributed by atoms with Crippen molar-refractivity contribution in [1.82, 2.24) is 0 Å². The summed E-state index contributed by atoms with van der Waals surface area (Å²) in [5.74, 6) is 2.82. The molecule has 21 heavy (non-hydrogen) atoms. The van der Waals surface area contributed by atoms with Gasteiger partial charge in [-0.25, -0.2) is 0 Å². The summed E-state index contributed by atoms with van der Waals surface area (Å²) in [6.07, 6.45) is 15.9. The van der Waals surface area contributed by atoms with E-state index >= 15 is 0 Å². The van der Waals surface area contributed by atoms with Crippen LogP contribution in [0.2, 0.25) is 0 Å². The second-order valence-electron chi connectivity index (χ2n) is 8.81. The molecule has 0 radical (unpaired) electrons. The molecular formula is C20H32O. The Kier molecular flexibility index (Phi) is 3.30. The molecular weight excluding hydrogens is 256 g/mol. The zero-order valence-corrected chi connectivity index (χ0v) is 14.2. The average molecular weight is 288 g/mol. The first-order valence-electron chi connectivity index (χ1n) is 9.32. The van der Waals surface area contributed by atoms with Crippen LogP contribution < -0.4 is 0 Å². The number of hydrogen-bond acceptors (Lipinski definition) is 1. The van der Waals surface area contributed by atoms with Gasteiger partial charge in [-0.3, -0.25) is 0 Å². The molecule has 1 nitrogen and oxygen atoms in total. The predicted octanol–water partition coefficient (Wildman–Crippen LogP) is 5.35. The van der Waals surface area contributed by atoms with Gasteiger partial charge in [-0.05, 0) is 80.0 Å². The van der Waals surface area contributed by atoms with Crippen LogP contribution in [0.3, 0.4) is 0 Å². The molecule has 4 aliphatic rings. The van der Waals surface area contributed by atoms with E-state index in [-0.39, 0.29) is 0 Å². The van der Waals surface area contributed by atoms with Crippen molar-refractivity contribution in [3.05, 3.63) is 11.6 Å². The van der Waals surface area contributed by atoms with Crippen LogP contribution >= 0.6 is 0 Å². The highest BCUT2D eigenvalue weighted by atomic mass is 16.5. The van der Waals surface area contributed by atoms with Gasteiger partial charge >= 0.3 is 0 Å². The van der Waals surface area contributed by atoms with Gasteiger partial charge < -0.3 is 4.74 Å². The van der Waals surface area contributed by atoms with E-state index in [1.807, 2.05) is 12.7 Å². The lowest BCUT2D eigenvalue weighted by atomic mass is 9.48. The first-order valence-corrected chi connectivity index (χ1v) is 9.32.